The average Bonchev–Trinajstić information content (AvgIpc) is 2.92. The molecule has 0 fully saturated rings. The summed E-state index contributed by atoms with van der Waals surface area (Å²) < 4.78 is 5.15. The minimum absolute atomic E-state index is 0.176. The molecule has 0 saturated heterocycles. The summed E-state index contributed by atoms with van der Waals surface area (Å²) in [4.78, 5) is 1.39. The standard InChI is InChI=1S/C16H21NO2S/c1-4-12-7-8-20-16(12)10-17-11(2)13-5-6-14(18)15(9-13)19-3/h5-9,11,17-18H,4,10H2,1-3H3. The second-order valence-corrected chi connectivity index (χ2v) is 5.76. The van der Waals surface area contributed by atoms with E-state index in [4.69, 9.17) is 4.74 Å². The monoisotopic (exact) mass is 291 g/mol. The molecule has 1 atom stereocenters. The Hall–Kier alpha value is -1.52. The SMILES string of the molecule is CCc1ccsc1CNC(C)c1ccc(O)c(OC)c1. The molecule has 0 aliphatic rings. The molecule has 1 unspecified atom stereocenters. The topological polar surface area (TPSA) is 41.5 Å². The smallest absolute Gasteiger partial charge is 0.160 e. The molecular weight excluding hydrogens is 270 g/mol. The second-order valence-electron chi connectivity index (χ2n) is 4.76. The van der Waals surface area contributed by atoms with Crippen LogP contribution in [0, 0.1) is 0 Å². The van der Waals surface area contributed by atoms with Gasteiger partial charge >= 0.3 is 0 Å². The molecule has 2 aromatic rings. The van der Waals surface area contributed by atoms with Crippen molar-refractivity contribution in [3.05, 3.63) is 45.6 Å². The number of methoxy groups -OCH3 is 1. The van der Waals surface area contributed by atoms with E-state index in [1.807, 2.05) is 12.1 Å². The van der Waals surface area contributed by atoms with Crippen molar-refractivity contribution in [1.82, 2.24) is 5.32 Å². The first-order valence-electron chi connectivity index (χ1n) is 6.81. The Labute approximate surface area is 124 Å². The molecular formula is C16H21NO2S. The Morgan fingerprint density at radius 3 is 2.85 bits per heavy atom. The van der Waals surface area contributed by atoms with Gasteiger partial charge in [-0.1, -0.05) is 13.0 Å². The fourth-order valence-corrected chi connectivity index (χ4v) is 3.09. The third-order valence-electron chi connectivity index (χ3n) is 3.49. The van der Waals surface area contributed by atoms with Crippen LogP contribution in [0.2, 0.25) is 0 Å². The van der Waals surface area contributed by atoms with Crippen LogP contribution in [0.5, 0.6) is 11.5 Å². The molecule has 0 aliphatic heterocycles. The minimum Gasteiger partial charge on any atom is -0.504 e. The third-order valence-corrected chi connectivity index (χ3v) is 4.45. The van der Waals surface area contributed by atoms with Gasteiger partial charge in [-0.25, -0.2) is 0 Å². The lowest BCUT2D eigenvalue weighted by Crippen LogP contribution is -2.18. The molecule has 20 heavy (non-hydrogen) atoms. The lowest BCUT2D eigenvalue weighted by atomic mass is 10.1. The number of thiophene rings is 1. The Balaban J connectivity index is 2.03. The highest BCUT2D eigenvalue weighted by molar-refractivity contribution is 7.10. The number of rotatable bonds is 6. The number of nitrogens with one attached hydrogen (secondary N) is 1. The number of ether oxygens (including phenoxy) is 1. The van der Waals surface area contributed by atoms with Crippen LogP contribution < -0.4 is 10.1 Å². The lowest BCUT2D eigenvalue weighted by molar-refractivity contribution is 0.372. The summed E-state index contributed by atoms with van der Waals surface area (Å²) in [5.41, 5.74) is 2.52. The molecule has 1 aromatic heterocycles. The first kappa shape index (κ1) is 14.9. The number of aromatic hydroxyl groups is 1. The molecule has 3 nitrogen and oxygen atoms in total. The lowest BCUT2D eigenvalue weighted by Gasteiger charge is -2.15. The highest BCUT2D eigenvalue weighted by atomic mass is 32.1. The van der Waals surface area contributed by atoms with Gasteiger partial charge in [0.2, 0.25) is 0 Å². The van der Waals surface area contributed by atoms with Gasteiger partial charge in [0, 0.05) is 17.5 Å². The van der Waals surface area contributed by atoms with E-state index >= 15 is 0 Å². The quantitative estimate of drug-likeness (QED) is 0.848. The van der Waals surface area contributed by atoms with Crippen LogP contribution in [0.15, 0.2) is 29.6 Å². The summed E-state index contributed by atoms with van der Waals surface area (Å²) >= 11 is 1.79. The number of hydrogen-bond acceptors (Lipinski definition) is 4. The van der Waals surface area contributed by atoms with Crippen LogP contribution in [0.25, 0.3) is 0 Å². The number of phenolic OH excluding ortho intramolecular Hbond substituents is 1. The molecule has 2 N–H and O–H groups in total. The average molecular weight is 291 g/mol. The number of benzene rings is 1. The van der Waals surface area contributed by atoms with Crippen LogP contribution in [0.1, 0.15) is 35.9 Å². The van der Waals surface area contributed by atoms with Crippen molar-refractivity contribution in [3.63, 3.8) is 0 Å². The minimum atomic E-state index is 0.176. The summed E-state index contributed by atoms with van der Waals surface area (Å²) in [6, 6.07) is 7.87. The van der Waals surface area contributed by atoms with Crippen LogP contribution in [0.4, 0.5) is 0 Å². The zero-order valence-corrected chi connectivity index (χ0v) is 13.0. The summed E-state index contributed by atoms with van der Waals surface area (Å²) in [7, 11) is 1.57. The van der Waals surface area contributed by atoms with Gasteiger partial charge in [-0.2, -0.15) is 0 Å². The fraction of sp³-hybridized carbons (Fsp3) is 0.375. The van der Waals surface area contributed by atoms with Crippen molar-refractivity contribution in [1.29, 1.82) is 0 Å². The molecule has 0 saturated carbocycles. The van der Waals surface area contributed by atoms with Gasteiger partial charge in [0.05, 0.1) is 7.11 Å². The van der Waals surface area contributed by atoms with Gasteiger partial charge in [0.1, 0.15) is 0 Å². The van der Waals surface area contributed by atoms with Crippen LogP contribution >= 0.6 is 11.3 Å². The molecule has 0 aliphatic carbocycles. The summed E-state index contributed by atoms with van der Waals surface area (Å²) in [5, 5.41) is 15.3. The van der Waals surface area contributed by atoms with Crippen molar-refractivity contribution in [2.75, 3.05) is 7.11 Å². The van der Waals surface area contributed by atoms with Gasteiger partial charge < -0.3 is 15.2 Å². The number of aryl methyl sites for hydroxylation is 1. The number of phenols is 1. The Bertz CT molecular complexity index is 565. The Morgan fingerprint density at radius 2 is 2.15 bits per heavy atom. The number of hydrogen-bond donors (Lipinski definition) is 2. The predicted molar refractivity (Wildman–Crippen MR) is 83.6 cm³/mol. The largest absolute Gasteiger partial charge is 0.504 e. The molecule has 0 radical (unpaired) electrons. The second kappa shape index (κ2) is 6.77. The van der Waals surface area contributed by atoms with Gasteiger partial charge in [-0.3, -0.25) is 0 Å². The van der Waals surface area contributed by atoms with E-state index in [0.29, 0.717) is 5.75 Å². The predicted octanol–water partition coefficient (Wildman–Crippen LogP) is 3.88. The van der Waals surface area contributed by atoms with E-state index in [-0.39, 0.29) is 11.8 Å². The van der Waals surface area contributed by atoms with Crippen molar-refractivity contribution in [2.24, 2.45) is 0 Å². The van der Waals surface area contributed by atoms with E-state index in [2.05, 4.69) is 30.6 Å². The van der Waals surface area contributed by atoms with Crippen LogP contribution in [-0.2, 0) is 13.0 Å². The zero-order valence-electron chi connectivity index (χ0n) is 12.1. The van der Waals surface area contributed by atoms with E-state index < -0.39 is 0 Å². The highest BCUT2D eigenvalue weighted by Crippen LogP contribution is 2.29. The van der Waals surface area contributed by atoms with Crippen LogP contribution in [-0.4, -0.2) is 12.2 Å². The van der Waals surface area contributed by atoms with Crippen LogP contribution in [0.3, 0.4) is 0 Å². The molecule has 0 amide bonds. The molecule has 0 bridgehead atoms. The van der Waals surface area contributed by atoms with Crippen molar-refractivity contribution in [3.8, 4) is 11.5 Å². The Morgan fingerprint density at radius 1 is 1.35 bits per heavy atom. The fourth-order valence-electron chi connectivity index (χ4n) is 2.16. The Kier molecular flexibility index (Phi) is 5.04. The van der Waals surface area contributed by atoms with E-state index in [9.17, 15) is 5.11 Å². The van der Waals surface area contributed by atoms with Crippen molar-refractivity contribution in [2.45, 2.75) is 32.9 Å². The zero-order chi connectivity index (χ0) is 14.5. The van der Waals surface area contributed by atoms with E-state index in [1.165, 1.54) is 10.4 Å². The maximum absolute atomic E-state index is 9.62. The summed E-state index contributed by atoms with van der Waals surface area (Å²) in [6.07, 6.45) is 1.07. The third kappa shape index (κ3) is 3.32. The summed E-state index contributed by atoms with van der Waals surface area (Å²) in [5.74, 6) is 0.691. The van der Waals surface area contributed by atoms with Gasteiger partial charge in [-0.05, 0) is 48.1 Å². The van der Waals surface area contributed by atoms with Gasteiger partial charge in [0.25, 0.3) is 0 Å². The summed E-state index contributed by atoms with van der Waals surface area (Å²) in [6.45, 7) is 5.16. The van der Waals surface area contributed by atoms with Gasteiger partial charge in [0.15, 0.2) is 11.5 Å². The molecule has 4 heteroatoms. The maximum Gasteiger partial charge on any atom is 0.160 e. The van der Waals surface area contributed by atoms with Crippen molar-refractivity contribution >= 4 is 11.3 Å². The molecule has 2 rings (SSSR count). The van der Waals surface area contributed by atoms with Crippen molar-refractivity contribution < 1.29 is 9.84 Å². The molecule has 108 valence electrons. The van der Waals surface area contributed by atoms with Gasteiger partial charge in [-0.15, -0.1) is 11.3 Å². The molecule has 1 aromatic carbocycles. The normalized spacial score (nSPS) is 12.3. The maximum atomic E-state index is 9.62. The highest BCUT2D eigenvalue weighted by Gasteiger charge is 2.10. The molecule has 0 spiro atoms. The first-order valence-corrected chi connectivity index (χ1v) is 7.69. The van der Waals surface area contributed by atoms with E-state index in [0.717, 1.165) is 18.5 Å². The first-order chi connectivity index (χ1) is 9.65. The van der Waals surface area contributed by atoms with E-state index in [1.54, 1.807) is 24.5 Å². The molecule has 1 heterocycles.